The molecule has 0 amide bonds. The molecule has 0 radical (unpaired) electrons. The molecule has 0 aliphatic heterocycles. The molecule has 2 aromatic heterocycles. The van der Waals surface area contributed by atoms with Crippen LogP contribution in [0.3, 0.4) is 0 Å². The van der Waals surface area contributed by atoms with Crippen LogP contribution in [0.2, 0.25) is 0 Å². The van der Waals surface area contributed by atoms with Gasteiger partial charge >= 0.3 is 0 Å². The Balaban J connectivity index is 2.21. The van der Waals surface area contributed by atoms with Crippen LogP contribution in [-0.2, 0) is 0 Å². The number of rotatable bonds is 2. The van der Waals surface area contributed by atoms with Gasteiger partial charge in [-0.25, -0.2) is 4.98 Å². The molecule has 0 aliphatic rings. The molecule has 0 bridgehead atoms. The van der Waals surface area contributed by atoms with Gasteiger partial charge < -0.3 is 15.3 Å². The normalized spacial score (nSPS) is 11.5. The number of nitrogens with two attached hydrogens (primary N) is 1. The highest BCUT2D eigenvalue weighted by molar-refractivity contribution is 5.96. The quantitative estimate of drug-likeness (QED) is 0.722. The molecule has 3 rings (SSSR count). The summed E-state index contributed by atoms with van der Waals surface area (Å²) in [5, 5.41) is 1.15. The number of para-hydroxylation sites is 1. The number of benzene rings is 1. The number of hydrogen-bond acceptors (Lipinski definition) is 2. The van der Waals surface area contributed by atoms with E-state index < -0.39 is 0 Å². The maximum atomic E-state index is 6.17. The standard InChI is InChI=1S/C14H16N4/c1-9(2)18-8-17-13(14(18)15)11-7-16-12-6-4-3-5-10(11)12/h3-9,16H,15H2,1-2H3. The highest BCUT2D eigenvalue weighted by Crippen LogP contribution is 2.32. The van der Waals surface area contributed by atoms with Crippen molar-refractivity contribution in [1.29, 1.82) is 0 Å². The van der Waals surface area contributed by atoms with Crippen LogP contribution in [0.15, 0.2) is 36.8 Å². The number of nitrogens with zero attached hydrogens (tertiary/aromatic N) is 2. The van der Waals surface area contributed by atoms with Gasteiger partial charge in [0.05, 0.1) is 6.33 Å². The Hall–Kier alpha value is -2.23. The van der Waals surface area contributed by atoms with E-state index in [0.717, 1.165) is 28.0 Å². The van der Waals surface area contributed by atoms with E-state index in [0.29, 0.717) is 6.04 Å². The van der Waals surface area contributed by atoms with Gasteiger partial charge in [0, 0.05) is 28.7 Å². The smallest absolute Gasteiger partial charge is 0.131 e. The minimum atomic E-state index is 0.316. The van der Waals surface area contributed by atoms with Crippen LogP contribution in [0.4, 0.5) is 5.82 Å². The first-order valence-electron chi connectivity index (χ1n) is 6.07. The fraction of sp³-hybridized carbons (Fsp3) is 0.214. The van der Waals surface area contributed by atoms with Crippen molar-refractivity contribution in [2.24, 2.45) is 0 Å². The van der Waals surface area contributed by atoms with E-state index in [1.807, 2.05) is 22.9 Å². The summed E-state index contributed by atoms with van der Waals surface area (Å²) in [6.07, 6.45) is 3.77. The lowest BCUT2D eigenvalue weighted by atomic mass is 10.1. The van der Waals surface area contributed by atoms with Crippen molar-refractivity contribution in [1.82, 2.24) is 14.5 Å². The van der Waals surface area contributed by atoms with Gasteiger partial charge in [0.25, 0.3) is 0 Å². The van der Waals surface area contributed by atoms with Crippen LogP contribution in [-0.4, -0.2) is 14.5 Å². The molecule has 0 aliphatic carbocycles. The molecule has 3 aromatic rings. The molecule has 4 nitrogen and oxygen atoms in total. The summed E-state index contributed by atoms with van der Waals surface area (Å²) in [5.74, 6) is 0.717. The number of anilines is 1. The summed E-state index contributed by atoms with van der Waals surface area (Å²) in [6, 6.07) is 8.48. The molecular weight excluding hydrogens is 224 g/mol. The number of nitrogen functional groups attached to an aromatic ring is 1. The van der Waals surface area contributed by atoms with Gasteiger partial charge in [-0.2, -0.15) is 0 Å². The van der Waals surface area contributed by atoms with Gasteiger partial charge in [-0.15, -0.1) is 0 Å². The van der Waals surface area contributed by atoms with E-state index in [1.165, 1.54) is 0 Å². The Morgan fingerprint density at radius 2 is 2.06 bits per heavy atom. The van der Waals surface area contributed by atoms with E-state index in [9.17, 15) is 0 Å². The molecule has 92 valence electrons. The van der Waals surface area contributed by atoms with Crippen LogP contribution in [0.25, 0.3) is 22.2 Å². The molecule has 0 saturated heterocycles. The highest BCUT2D eigenvalue weighted by Gasteiger charge is 2.14. The van der Waals surface area contributed by atoms with Crippen LogP contribution in [0.5, 0.6) is 0 Å². The maximum absolute atomic E-state index is 6.17. The molecule has 0 unspecified atom stereocenters. The predicted molar refractivity (Wildman–Crippen MR) is 74.3 cm³/mol. The Kier molecular flexibility index (Phi) is 2.37. The fourth-order valence-corrected chi connectivity index (χ4v) is 2.26. The largest absolute Gasteiger partial charge is 0.383 e. The number of H-pyrrole nitrogens is 1. The second kappa shape index (κ2) is 3.91. The van der Waals surface area contributed by atoms with Crippen LogP contribution >= 0.6 is 0 Å². The zero-order chi connectivity index (χ0) is 12.7. The Morgan fingerprint density at radius 1 is 1.28 bits per heavy atom. The summed E-state index contributed by atoms with van der Waals surface area (Å²) >= 11 is 0. The molecule has 4 heteroatoms. The van der Waals surface area contributed by atoms with E-state index in [1.54, 1.807) is 6.33 Å². The molecule has 2 heterocycles. The molecule has 0 atom stereocenters. The van der Waals surface area contributed by atoms with E-state index in [4.69, 9.17) is 5.73 Å². The first-order chi connectivity index (χ1) is 8.68. The third-order valence-corrected chi connectivity index (χ3v) is 3.23. The maximum Gasteiger partial charge on any atom is 0.131 e. The number of aromatic nitrogens is 3. The third kappa shape index (κ3) is 1.49. The lowest BCUT2D eigenvalue weighted by Gasteiger charge is -2.08. The van der Waals surface area contributed by atoms with Gasteiger partial charge in [-0.05, 0) is 19.9 Å². The second-order valence-electron chi connectivity index (χ2n) is 4.73. The summed E-state index contributed by atoms with van der Waals surface area (Å²) in [7, 11) is 0. The average Bonchev–Trinajstić information content (AvgIpc) is 2.92. The van der Waals surface area contributed by atoms with Gasteiger partial charge in [-0.1, -0.05) is 18.2 Å². The topological polar surface area (TPSA) is 59.6 Å². The molecule has 0 spiro atoms. The summed E-state index contributed by atoms with van der Waals surface area (Å²) in [6.45, 7) is 4.19. The Bertz CT molecular complexity index is 691. The lowest BCUT2D eigenvalue weighted by molar-refractivity contribution is 0.607. The minimum Gasteiger partial charge on any atom is -0.383 e. The molecule has 1 aromatic carbocycles. The zero-order valence-electron chi connectivity index (χ0n) is 10.5. The first kappa shape index (κ1) is 10.9. The third-order valence-electron chi connectivity index (χ3n) is 3.23. The minimum absolute atomic E-state index is 0.316. The predicted octanol–water partition coefficient (Wildman–Crippen LogP) is 3.19. The van der Waals surface area contributed by atoms with Gasteiger partial charge in [0.15, 0.2) is 0 Å². The number of aromatic amines is 1. The molecule has 0 saturated carbocycles. The van der Waals surface area contributed by atoms with Crippen molar-refractivity contribution < 1.29 is 0 Å². The van der Waals surface area contributed by atoms with E-state index >= 15 is 0 Å². The Labute approximate surface area is 105 Å². The van der Waals surface area contributed by atoms with Crippen molar-refractivity contribution in [3.05, 3.63) is 36.8 Å². The molecule has 3 N–H and O–H groups in total. The molecular formula is C14H16N4. The SMILES string of the molecule is CC(C)n1cnc(-c2c[nH]c3ccccc23)c1N. The zero-order valence-corrected chi connectivity index (χ0v) is 10.5. The van der Waals surface area contributed by atoms with Crippen molar-refractivity contribution in [2.75, 3.05) is 5.73 Å². The average molecular weight is 240 g/mol. The highest BCUT2D eigenvalue weighted by atomic mass is 15.1. The lowest BCUT2D eigenvalue weighted by Crippen LogP contribution is -2.04. The van der Waals surface area contributed by atoms with Crippen molar-refractivity contribution in [3.63, 3.8) is 0 Å². The number of fused-ring (bicyclic) bond motifs is 1. The first-order valence-corrected chi connectivity index (χ1v) is 6.07. The van der Waals surface area contributed by atoms with Gasteiger partial charge in [-0.3, -0.25) is 0 Å². The second-order valence-corrected chi connectivity index (χ2v) is 4.73. The van der Waals surface area contributed by atoms with Crippen molar-refractivity contribution >= 4 is 16.7 Å². The van der Waals surface area contributed by atoms with Crippen LogP contribution in [0.1, 0.15) is 19.9 Å². The van der Waals surface area contributed by atoms with Crippen molar-refractivity contribution in [3.8, 4) is 11.3 Å². The number of nitrogens with one attached hydrogen (secondary N) is 1. The Morgan fingerprint density at radius 3 is 2.78 bits per heavy atom. The van der Waals surface area contributed by atoms with Crippen LogP contribution < -0.4 is 5.73 Å². The van der Waals surface area contributed by atoms with Crippen molar-refractivity contribution in [2.45, 2.75) is 19.9 Å². The summed E-state index contributed by atoms with van der Waals surface area (Å²) in [4.78, 5) is 7.70. The molecule has 0 fully saturated rings. The summed E-state index contributed by atoms with van der Waals surface area (Å²) in [5.41, 5.74) is 9.18. The summed E-state index contributed by atoms with van der Waals surface area (Å²) < 4.78 is 1.98. The number of hydrogen-bond donors (Lipinski definition) is 2. The fourth-order valence-electron chi connectivity index (χ4n) is 2.26. The van der Waals surface area contributed by atoms with E-state index in [2.05, 4.69) is 35.9 Å². The van der Waals surface area contributed by atoms with Gasteiger partial charge in [0.1, 0.15) is 11.5 Å². The monoisotopic (exact) mass is 240 g/mol. The van der Waals surface area contributed by atoms with Crippen LogP contribution in [0, 0.1) is 0 Å². The molecule has 18 heavy (non-hydrogen) atoms. The van der Waals surface area contributed by atoms with E-state index in [-0.39, 0.29) is 0 Å². The number of imidazole rings is 1. The van der Waals surface area contributed by atoms with Gasteiger partial charge in [0.2, 0.25) is 0 Å².